The molecule has 11 amide bonds. The minimum absolute atomic E-state index is 0.0243. The number of hydrogen-bond donors (Lipinski definition) is 13. The number of para-hydroxylation sites is 1. The molecule has 18 N–H and O–H groups in total. The summed E-state index contributed by atoms with van der Waals surface area (Å²) in [5.41, 5.74) is 28.8. The average molecular weight is 1130 g/mol. The number of primary amides is 3. The van der Waals surface area contributed by atoms with Crippen molar-refractivity contribution < 1.29 is 52.7 Å². The number of nitrogens with zero attached hydrogens (tertiary/aromatic N) is 2. The largest absolute Gasteiger partial charge is 0.370 e. The highest BCUT2D eigenvalue weighted by molar-refractivity contribution is 8.77. The predicted octanol–water partition coefficient (Wildman–Crippen LogP) is -2.06. The molecule has 8 unspecified atom stereocenters. The van der Waals surface area contributed by atoms with Crippen molar-refractivity contribution in [2.24, 2.45) is 39.6 Å². The molecule has 78 heavy (non-hydrogen) atoms. The Morgan fingerprint density at radius 2 is 1.51 bits per heavy atom. The molecule has 3 fully saturated rings. The molecule has 428 valence electrons. The summed E-state index contributed by atoms with van der Waals surface area (Å²) in [5.74, 6) is -9.80. The Hall–Kier alpha value is -7.10. The summed E-state index contributed by atoms with van der Waals surface area (Å²) in [5, 5.41) is 19.4. The Labute approximate surface area is 459 Å². The normalized spacial score (nSPS) is 23.5. The number of rotatable bonds is 19. The van der Waals surface area contributed by atoms with E-state index in [0.29, 0.717) is 25.7 Å². The Kier molecular flexibility index (Phi) is 23.4. The highest BCUT2D eigenvalue weighted by atomic mass is 33.1. The Morgan fingerprint density at radius 1 is 0.821 bits per heavy atom. The first kappa shape index (κ1) is 61.7. The highest BCUT2D eigenvalue weighted by Gasteiger charge is 2.42. The molecular weight excluding hydrogens is 1050 g/mol. The van der Waals surface area contributed by atoms with E-state index in [-0.39, 0.29) is 63.3 Å². The lowest BCUT2D eigenvalue weighted by molar-refractivity contribution is -0.142. The highest BCUT2D eigenvalue weighted by Crippen LogP contribution is 2.48. The molecule has 2 saturated heterocycles. The standard InChI is InChI=1S/C50H75N15O11S2/c1-3-27(2)41-47(75)61-32(15-16-37(51)66)43(71)62-34(22-38(52)67)44(72)63-35(48(76)65-20-10-14-36(65)46(74)60-31(13-9-19-56-49(54)55)42(70)58-25-39(53)68)26-77-78-50(17-7-4-8-18-50)23-40(69)59-33(45(73)64-41)21-28-24-57-30-12-6-5-11-29(28)30/h5-6,11-12,24,27,31-36,41,57H,3-4,7-10,13-23,25-26H2,1-2H3,(H2,51,66)(H2,52,67)(H2,53,68)(H,58,70)(H,59,69)(H,60,74)(H,61,75)(H,62,71)(H,63,72)(H,64,73)(H4,54,55,56). The van der Waals surface area contributed by atoms with Crippen LogP contribution in [0.25, 0.3) is 10.9 Å². The van der Waals surface area contributed by atoms with Gasteiger partial charge in [-0.25, -0.2) is 0 Å². The zero-order chi connectivity index (χ0) is 57.1. The molecule has 1 saturated carbocycles. The van der Waals surface area contributed by atoms with Crippen LogP contribution in [-0.2, 0) is 59.2 Å². The van der Waals surface area contributed by atoms with Crippen LogP contribution in [-0.4, -0.2) is 153 Å². The minimum Gasteiger partial charge on any atom is -0.370 e. The van der Waals surface area contributed by atoms with E-state index >= 15 is 0 Å². The van der Waals surface area contributed by atoms with Crippen LogP contribution in [0.4, 0.5) is 0 Å². The summed E-state index contributed by atoms with van der Waals surface area (Å²) >= 11 is 0. The van der Waals surface area contributed by atoms with E-state index in [1.54, 1.807) is 20.0 Å². The molecule has 0 bridgehead atoms. The van der Waals surface area contributed by atoms with Crippen molar-refractivity contribution in [3.05, 3.63) is 36.0 Å². The van der Waals surface area contributed by atoms with Gasteiger partial charge in [-0.15, -0.1) is 0 Å². The second-order valence-electron chi connectivity index (χ2n) is 20.1. The van der Waals surface area contributed by atoms with Crippen LogP contribution in [0.2, 0.25) is 0 Å². The number of likely N-dealkylation sites (tertiary alicyclic amines) is 1. The second-order valence-corrected chi connectivity index (χ2v) is 22.9. The van der Waals surface area contributed by atoms with Gasteiger partial charge >= 0.3 is 0 Å². The van der Waals surface area contributed by atoms with E-state index in [1.165, 1.54) is 26.5 Å². The first-order valence-corrected chi connectivity index (χ1v) is 28.6. The molecule has 8 atom stereocenters. The smallest absolute Gasteiger partial charge is 0.246 e. The van der Waals surface area contributed by atoms with Crippen LogP contribution in [0.15, 0.2) is 35.5 Å². The summed E-state index contributed by atoms with van der Waals surface area (Å²) in [6.45, 7) is 3.14. The Morgan fingerprint density at radius 3 is 2.19 bits per heavy atom. The van der Waals surface area contributed by atoms with Crippen molar-refractivity contribution in [1.29, 1.82) is 0 Å². The molecule has 1 aliphatic carbocycles. The zero-order valence-corrected chi connectivity index (χ0v) is 45.7. The maximum absolute atomic E-state index is 14.9. The number of fused-ring (bicyclic) bond motifs is 1. The summed E-state index contributed by atoms with van der Waals surface area (Å²) < 4.78 is -0.726. The molecule has 2 aromatic rings. The Bertz CT molecular complexity index is 2550. The molecule has 26 nitrogen and oxygen atoms in total. The number of aromatic nitrogens is 1. The molecule has 5 rings (SSSR count). The van der Waals surface area contributed by atoms with Gasteiger partial charge in [0, 0.05) is 60.0 Å². The third-order valence-electron chi connectivity index (χ3n) is 14.1. The van der Waals surface area contributed by atoms with E-state index in [1.807, 2.05) is 24.3 Å². The summed E-state index contributed by atoms with van der Waals surface area (Å²) in [7, 11) is 2.54. The van der Waals surface area contributed by atoms with Crippen LogP contribution in [0.5, 0.6) is 0 Å². The lowest BCUT2D eigenvalue weighted by atomic mass is 9.85. The number of carbonyl (C=O) groups is 11. The fourth-order valence-electron chi connectivity index (χ4n) is 9.72. The van der Waals surface area contributed by atoms with Gasteiger partial charge in [-0.2, -0.15) is 0 Å². The number of carbonyl (C=O) groups excluding carboxylic acids is 11. The molecule has 1 aromatic heterocycles. The first-order valence-electron chi connectivity index (χ1n) is 26.3. The molecular formula is C50H75N15O11S2. The van der Waals surface area contributed by atoms with Gasteiger partial charge in [-0.3, -0.25) is 57.7 Å². The summed E-state index contributed by atoms with van der Waals surface area (Å²) in [4.78, 5) is 159. The van der Waals surface area contributed by atoms with Crippen molar-refractivity contribution in [3.63, 3.8) is 0 Å². The lowest BCUT2D eigenvalue weighted by Gasteiger charge is -2.37. The van der Waals surface area contributed by atoms with Crippen LogP contribution in [0.1, 0.15) is 109 Å². The number of H-pyrrole nitrogens is 1. The SMILES string of the molecule is CCC(C)C1NC(=O)C(Cc2c[nH]c3ccccc23)NC(=O)CC2(CCCCC2)SSCC(C(=O)N2CCCC2C(=O)NC(CCCN=C(N)N)C(=O)NCC(N)=O)NC(=O)C(CC(N)=O)NC(=O)C(CCC(N)=O)NC1=O. The van der Waals surface area contributed by atoms with Crippen molar-refractivity contribution in [3.8, 4) is 0 Å². The molecule has 0 radical (unpaired) electrons. The number of aromatic amines is 1. The van der Waals surface area contributed by atoms with Gasteiger partial charge in [0.1, 0.15) is 42.3 Å². The number of nitrogens with two attached hydrogens (primary N) is 5. The van der Waals surface area contributed by atoms with Gasteiger partial charge < -0.3 is 75.8 Å². The van der Waals surface area contributed by atoms with Crippen molar-refractivity contribution >= 4 is 103 Å². The number of aliphatic imine (C=N–C) groups is 1. The monoisotopic (exact) mass is 1130 g/mol. The van der Waals surface area contributed by atoms with E-state index < -0.39 is 137 Å². The number of benzene rings is 1. The maximum Gasteiger partial charge on any atom is 0.246 e. The quantitative estimate of drug-likeness (QED) is 0.0311. The summed E-state index contributed by atoms with van der Waals surface area (Å²) in [6.07, 6.45) is 4.84. The van der Waals surface area contributed by atoms with Gasteiger partial charge in [0.2, 0.25) is 65.0 Å². The zero-order valence-electron chi connectivity index (χ0n) is 44.0. The van der Waals surface area contributed by atoms with E-state index in [9.17, 15) is 52.7 Å². The molecule has 3 aliphatic rings. The number of guanidine groups is 1. The predicted molar refractivity (Wildman–Crippen MR) is 293 cm³/mol. The number of hydrogen-bond acceptors (Lipinski definition) is 14. The van der Waals surface area contributed by atoms with Crippen molar-refractivity contribution in [2.45, 2.75) is 157 Å². The molecule has 2 aliphatic heterocycles. The molecule has 28 heteroatoms. The van der Waals surface area contributed by atoms with Crippen LogP contribution in [0, 0.1) is 5.92 Å². The fraction of sp³-hybridized carbons (Fsp3) is 0.600. The van der Waals surface area contributed by atoms with Gasteiger partial charge in [-0.05, 0) is 62.5 Å². The van der Waals surface area contributed by atoms with Gasteiger partial charge in [0.15, 0.2) is 5.96 Å². The second kappa shape index (κ2) is 29.6. The van der Waals surface area contributed by atoms with E-state index in [0.717, 1.165) is 35.7 Å². The minimum atomic E-state index is -1.75. The summed E-state index contributed by atoms with van der Waals surface area (Å²) in [6, 6.07) is -2.17. The van der Waals surface area contributed by atoms with Crippen LogP contribution in [0.3, 0.4) is 0 Å². The first-order chi connectivity index (χ1) is 37.1. The molecule has 1 aromatic carbocycles. The fourth-order valence-corrected chi connectivity index (χ4v) is 13.1. The number of nitrogens with one attached hydrogen (secondary N) is 8. The van der Waals surface area contributed by atoms with E-state index in [2.05, 4.69) is 47.2 Å². The molecule has 1 spiro atoms. The van der Waals surface area contributed by atoms with Gasteiger partial charge in [0.05, 0.1) is 13.0 Å². The average Bonchev–Trinajstić information content (AvgIpc) is 4.07. The van der Waals surface area contributed by atoms with Crippen molar-refractivity contribution in [1.82, 2.24) is 47.1 Å². The van der Waals surface area contributed by atoms with E-state index in [4.69, 9.17) is 28.7 Å². The van der Waals surface area contributed by atoms with Crippen LogP contribution < -0.4 is 65.9 Å². The van der Waals surface area contributed by atoms with Gasteiger partial charge in [-0.1, -0.05) is 79.3 Å². The van der Waals surface area contributed by atoms with Crippen molar-refractivity contribution in [2.75, 3.05) is 25.4 Å². The van der Waals surface area contributed by atoms with Crippen LogP contribution >= 0.6 is 21.6 Å². The molecule has 3 heterocycles. The lowest BCUT2D eigenvalue weighted by Crippen LogP contribution is -2.61. The third-order valence-corrected chi connectivity index (χ3v) is 17.4. The Balaban J connectivity index is 1.53. The third kappa shape index (κ3) is 18.3. The van der Waals surface area contributed by atoms with Gasteiger partial charge in [0.25, 0.3) is 0 Å². The maximum atomic E-state index is 14.9. The number of amides is 11. The topological polar surface area (TPSA) is 433 Å².